The molecule has 1 aromatic rings. The predicted molar refractivity (Wildman–Crippen MR) is 34.0 cm³/mol. The first-order chi connectivity index (χ1) is 5.93. The van der Waals surface area contributed by atoms with Gasteiger partial charge in [0, 0.05) is 0 Å². The fraction of sp³-hybridized carbons (Fsp3) is 0.167. The van der Waals surface area contributed by atoms with Gasteiger partial charge >= 0.3 is 12.1 Å². The highest BCUT2D eigenvalue weighted by Crippen LogP contribution is 2.30. The van der Waals surface area contributed by atoms with Crippen molar-refractivity contribution in [2.45, 2.75) is 6.18 Å². The van der Waals surface area contributed by atoms with E-state index in [1.807, 2.05) is 0 Å². The van der Waals surface area contributed by atoms with Crippen LogP contribution in [0.25, 0.3) is 0 Å². The number of nitrogens with zero attached hydrogens (tertiary/aromatic N) is 2. The van der Waals surface area contributed by atoms with E-state index in [0.29, 0.717) is 6.07 Å². The molecule has 0 saturated carbocycles. The van der Waals surface area contributed by atoms with E-state index in [0.717, 1.165) is 6.20 Å². The van der Waals surface area contributed by atoms with Crippen molar-refractivity contribution < 1.29 is 23.1 Å². The highest BCUT2D eigenvalue weighted by atomic mass is 19.4. The Kier molecular flexibility index (Phi) is 2.18. The summed E-state index contributed by atoms with van der Waals surface area (Å²) in [5.74, 6) is -1.75. The lowest BCUT2D eigenvalue weighted by Crippen LogP contribution is -2.15. The van der Waals surface area contributed by atoms with Gasteiger partial charge in [-0.05, 0) is 6.07 Å². The monoisotopic (exact) mass is 192 g/mol. The summed E-state index contributed by atoms with van der Waals surface area (Å²) in [5.41, 5.74) is -2.38. The van der Waals surface area contributed by atoms with Crippen LogP contribution in [-0.4, -0.2) is 21.3 Å². The Morgan fingerprint density at radius 2 is 2.08 bits per heavy atom. The van der Waals surface area contributed by atoms with Gasteiger partial charge in [-0.25, -0.2) is 4.79 Å². The number of alkyl halides is 3. The minimum Gasteiger partial charge on any atom is -0.476 e. The summed E-state index contributed by atoms with van der Waals surface area (Å²) in [7, 11) is 0. The van der Waals surface area contributed by atoms with Crippen molar-refractivity contribution in [3.63, 3.8) is 0 Å². The normalized spacial score (nSPS) is 11.3. The third-order valence-electron chi connectivity index (χ3n) is 1.23. The average Bonchev–Trinajstić information content (AvgIpc) is 2.03. The van der Waals surface area contributed by atoms with Crippen LogP contribution in [-0.2, 0) is 6.18 Å². The van der Waals surface area contributed by atoms with E-state index in [4.69, 9.17) is 5.11 Å². The fourth-order valence-corrected chi connectivity index (χ4v) is 0.718. The molecular formula is C6H3F3N2O2. The Morgan fingerprint density at radius 3 is 2.46 bits per heavy atom. The minimum absolute atomic E-state index is 0.566. The molecule has 1 rings (SSSR count). The van der Waals surface area contributed by atoms with E-state index in [2.05, 4.69) is 10.2 Å². The Balaban J connectivity index is 3.28. The smallest absolute Gasteiger partial charge is 0.418 e. The standard InChI is InChI=1S/C6H3F3N2O2/c7-6(8,9)3-1-2-10-11-4(3)5(12)13/h1-2H,(H,12,13). The molecule has 0 aliphatic heterocycles. The van der Waals surface area contributed by atoms with Crippen molar-refractivity contribution in [2.75, 3.05) is 0 Å². The molecule has 1 aromatic heterocycles. The molecular weight excluding hydrogens is 189 g/mol. The lowest BCUT2D eigenvalue weighted by atomic mass is 10.2. The van der Waals surface area contributed by atoms with Crippen LogP contribution in [0.3, 0.4) is 0 Å². The molecule has 0 spiro atoms. The largest absolute Gasteiger partial charge is 0.476 e. The van der Waals surface area contributed by atoms with Gasteiger partial charge in [-0.15, -0.1) is 5.10 Å². The van der Waals surface area contributed by atoms with Crippen LogP contribution in [0.2, 0.25) is 0 Å². The zero-order valence-corrected chi connectivity index (χ0v) is 6.04. The maximum atomic E-state index is 12.1. The highest BCUT2D eigenvalue weighted by Gasteiger charge is 2.36. The van der Waals surface area contributed by atoms with Gasteiger partial charge in [0.2, 0.25) is 0 Å². The molecule has 1 N–H and O–H groups in total. The van der Waals surface area contributed by atoms with Crippen molar-refractivity contribution in [3.05, 3.63) is 23.5 Å². The Hall–Kier alpha value is -1.66. The van der Waals surface area contributed by atoms with E-state index in [1.165, 1.54) is 0 Å². The molecule has 0 fully saturated rings. The quantitative estimate of drug-likeness (QED) is 0.725. The molecule has 0 atom stereocenters. The first kappa shape index (κ1) is 9.43. The van der Waals surface area contributed by atoms with Crippen LogP contribution >= 0.6 is 0 Å². The zero-order valence-electron chi connectivity index (χ0n) is 6.04. The third kappa shape index (κ3) is 1.92. The summed E-state index contributed by atoms with van der Waals surface area (Å²) in [6.07, 6.45) is -3.93. The lowest BCUT2D eigenvalue weighted by molar-refractivity contribution is -0.138. The lowest BCUT2D eigenvalue weighted by Gasteiger charge is -2.06. The van der Waals surface area contributed by atoms with E-state index >= 15 is 0 Å². The number of rotatable bonds is 1. The van der Waals surface area contributed by atoms with Gasteiger partial charge in [0.25, 0.3) is 0 Å². The molecule has 0 amide bonds. The van der Waals surface area contributed by atoms with Gasteiger partial charge in [-0.1, -0.05) is 0 Å². The van der Waals surface area contributed by atoms with Crippen molar-refractivity contribution in [2.24, 2.45) is 0 Å². The molecule has 7 heteroatoms. The number of hydrogen-bond donors (Lipinski definition) is 1. The van der Waals surface area contributed by atoms with Gasteiger partial charge in [0.05, 0.1) is 11.8 Å². The number of hydrogen-bond acceptors (Lipinski definition) is 3. The molecule has 0 unspecified atom stereocenters. The SMILES string of the molecule is O=C(O)c1nnccc1C(F)(F)F. The van der Waals surface area contributed by atoms with Crippen molar-refractivity contribution in [1.29, 1.82) is 0 Å². The van der Waals surface area contributed by atoms with Crippen LogP contribution < -0.4 is 0 Å². The zero-order chi connectivity index (χ0) is 10.1. The van der Waals surface area contributed by atoms with E-state index < -0.39 is 23.4 Å². The summed E-state index contributed by atoms with van der Waals surface area (Å²) in [5, 5.41) is 14.3. The van der Waals surface area contributed by atoms with Gasteiger partial charge < -0.3 is 5.11 Å². The number of carbonyl (C=O) groups is 1. The van der Waals surface area contributed by atoms with Crippen molar-refractivity contribution in [1.82, 2.24) is 10.2 Å². The van der Waals surface area contributed by atoms with Crippen LogP contribution in [0, 0.1) is 0 Å². The molecule has 0 bridgehead atoms. The third-order valence-corrected chi connectivity index (χ3v) is 1.23. The maximum Gasteiger partial charge on any atom is 0.418 e. The number of carboxylic acid groups (broad SMARTS) is 1. The average molecular weight is 192 g/mol. The second-order valence-electron chi connectivity index (χ2n) is 2.10. The molecule has 0 saturated heterocycles. The van der Waals surface area contributed by atoms with Crippen LogP contribution in [0.5, 0.6) is 0 Å². The Bertz CT molecular complexity index is 337. The first-order valence-corrected chi connectivity index (χ1v) is 3.05. The van der Waals surface area contributed by atoms with Gasteiger partial charge in [-0.3, -0.25) is 0 Å². The molecule has 1 heterocycles. The molecule has 13 heavy (non-hydrogen) atoms. The minimum atomic E-state index is -4.72. The Morgan fingerprint density at radius 1 is 1.46 bits per heavy atom. The molecule has 0 aliphatic rings. The van der Waals surface area contributed by atoms with Gasteiger partial charge in [0.1, 0.15) is 0 Å². The molecule has 0 aromatic carbocycles. The van der Waals surface area contributed by atoms with Crippen LogP contribution in [0.4, 0.5) is 13.2 Å². The van der Waals surface area contributed by atoms with Gasteiger partial charge in [-0.2, -0.15) is 18.3 Å². The molecule has 0 aliphatic carbocycles. The van der Waals surface area contributed by atoms with E-state index in [-0.39, 0.29) is 0 Å². The van der Waals surface area contributed by atoms with E-state index in [1.54, 1.807) is 0 Å². The number of halogens is 3. The highest BCUT2D eigenvalue weighted by molar-refractivity contribution is 5.86. The number of aromatic nitrogens is 2. The fourth-order valence-electron chi connectivity index (χ4n) is 0.718. The topological polar surface area (TPSA) is 63.1 Å². The van der Waals surface area contributed by atoms with E-state index in [9.17, 15) is 18.0 Å². The second kappa shape index (κ2) is 3.00. The molecule has 0 radical (unpaired) electrons. The summed E-state index contributed by atoms with van der Waals surface area (Å²) < 4.78 is 36.2. The number of aromatic carboxylic acids is 1. The first-order valence-electron chi connectivity index (χ1n) is 3.05. The second-order valence-corrected chi connectivity index (χ2v) is 2.10. The summed E-state index contributed by atoms with van der Waals surface area (Å²) >= 11 is 0. The summed E-state index contributed by atoms with van der Waals surface area (Å²) in [4.78, 5) is 10.3. The molecule has 4 nitrogen and oxygen atoms in total. The maximum absolute atomic E-state index is 12.1. The summed E-state index contributed by atoms with van der Waals surface area (Å²) in [6, 6.07) is 0.566. The number of carboxylic acids is 1. The predicted octanol–water partition coefficient (Wildman–Crippen LogP) is 1.19. The molecule has 70 valence electrons. The summed E-state index contributed by atoms with van der Waals surface area (Å²) in [6.45, 7) is 0. The van der Waals surface area contributed by atoms with Crippen LogP contribution in [0.15, 0.2) is 12.3 Å². The van der Waals surface area contributed by atoms with Crippen molar-refractivity contribution >= 4 is 5.97 Å². The van der Waals surface area contributed by atoms with Gasteiger partial charge in [0.15, 0.2) is 5.69 Å². The van der Waals surface area contributed by atoms with Crippen LogP contribution in [0.1, 0.15) is 16.1 Å². The van der Waals surface area contributed by atoms with Crippen molar-refractivity contribution in [3.8, 4) is 0 Å². The Labute approximate surface area is 70.0 Å².